The molecule has 2 N–H and O–H groups in total. The molecule has 0 unspecified atom stereocenters. The average Bonchev–Trinajstić information content (AvgIpc) is 3.12. The van der Waals surface area contributed by atoms with Crippen LogP contribution in [0.1, 0.15) is 29.2 Å². The van der Waals surface area contributed by atoms with Crippen molar-refractivity contribution in [3.05, 3.63) is 92.2 Å². The fourth-order valence-corrected chi connectivity index (χ4v) is 4.64. The van der Waals surface area contributed by atoms with Gasteiger partial charge in [0.2, 0.25) is 5.91 Å². The lowest BCUT2D eigenvalue weighted by Crippen LogP contribution is -2.38. The Bertz CT molecular complexity index is 1400. The molecule has 0 aromatic heterocycles. The van der Waals surface area contributed by atoms with Gasteiger partial charge in [0.05, 0.1) is 10.2 Å². The summed E-state index contributed by atoms with van der Waals surface area (Å²) in [6.07, 6.45) is 1.56. The predicted octanol–water partition coefficient (Wildman–Crippen LogP) is 5.42. The zero-order chi connectivity index (χ0) is 27.2. The van der Waals surface area contributed by atoms with E-state index < -0.39 is 24.4 Å². The molecule has 0 atom stereocenters. The number of amides is 4. The van der Waals surface area contributed by atoms with Crippen molar-refractivity contribution < 1.29 is 23.9 Å². The second-order valence-electron chi connectivity index (χ2n) is 8.83. The fraction of sp³-hybridized carbons (Fsp3) is 0.207. The van der Waals surface area contributed by atoms with E-state index in [0.29, 0.717) is 36.0 Å². The summed E-state index contributed by atoms with van der Waals surface area (Å²) in [5.41, 5.74) is 4.51. The molecule has 9 heteroatoms. The van der Waals surface area contributed by atoms with E-state index in [1.807, 2.05) is 63.2 Å². The number of imide groups is 1. The Morgan fingerprint density at radius 3 is 2.50 bits per heavy atom. The number of aryl methyl sites for hydroxylation is 2. The number of carbonyl (C=O) groups is 3. The Hall–Kier alpha value is -3.86. The fourth-order valence-electron chi connectivity index (χ4n) is 3.86. The maximum absolute atomic E-state index is 12.9. The first kappa shape index (κ1) is 27.2. The SMILES string of the molecule is CCOc1cc(/C=C2/NC(=O)N(CC(=O)Nc3cccc(C)c3)C2=O)cc(I)c1OCc1ccc(C)cc1. The van der Waals surface area contributed by atoms with Crippen molar-refractivity contribution in [2.75, 3.05) is 18.5 Å². The van der Waals surface area contributed by atoms with E-state index in [0.717, 1.165) is 19.6 Å². The minimum atomic E-state index is -0.654. The standard InChI is InChI=1S/C29H28IN3O5/c1-4-37-25-15-21(13-23(30)27(25)38-17-20-10-8-18(2)9-11-20)14-24-28(35)33(29(36)32-24)16-26(34)31-22-7-5-6-19(3)12-22/h5-15H,4,16-17H2,1-3H3,(H,31,34)(H,32,36)/b24-14+. The molecule has 4 amide bonds. The van der Waals surface area contributed by atoms with E-state index in [-0.39, 0.29) is 5.70 Å². The summed E-state index contributed by atoms with van der Waals surface area (Å²) in [6.45, 7) is 6.23. The van der Waals surface area contributed by atoms with Crippen LogP contribution >= 0.6 is 22.6 Å². The Kier molecular flexibility index (Phi) is 8.67. The van der Waals surface area contributed by atoms with Crippen LogP contribution in [0, 0.1) is 17.4 Å². The van der Waals surface area contributed by atoms with Gasteiger partial charge in [0, 0.05) is 5.69 Å². The number of benzene rings is 3. The Balaban J connectivity index is 1.48. The van der Waals surface area contributed by atoms with Crippen molar-refractivity contribution in [2.24, 2.45) is 0 Å². The molecule has 1 aliphatic rings. The summed E-state index contributed by atoms with van der Waals surface area (Å²) in [7, 11) is 0. The largest absolute Gasteiger partial charge is 0.490 e. The Labute approximate surface area is 235 Å². The molecule has 1 aliphatic heterocycles. The van der Waals surface area contributed by atoms with Gasteiger partial charge in [0.25, 0.3) is 5.91 Å². The number of ether oxygens (including phenoxy) is 2. The number of urea groups is 1. The van der Waals surface area contributed by atoms with Crippen molar-refractivity contribution in [1.29, 1.82) is 0 Å². The van der Waals surface area contributed by atoms with Crippen molar-refractivity contribution in [2.45, 2.75) is 27.4 Å². The summed E-state index contributed by atoms with van der Waals surface area (Å²) in [6, 6.07) is 18.3. The highest BCUT2D eigenvalue weighted by atomic mass is 127. The van der Waals surface area contributed by atoms with Crippen LogP contribution in [-0.2, 0) is 16.2 Å². The van der Waals surface area contributed by atoms with Gasteiger partial charge in [0.15, 0.2) is 11.5 Å². The van der Waals surface area contributed by atoms with Crippen molar-refractivity contribution >= 4 is 52.2 Å². The van der Waals surface area contributed by atoms with Gasteiger partial charge >= 0.3 is 6.03 Å². The number of hydrogen-bond donors (Lipinski definition) is 2. The van der Waals surface area contributed by atoms with Gasteiger partial charge in [-0.1, -0.05) is 42.0 Å². The van der Waals surface area contributed by atoms with Gasteiger partial charge in [-0.15, -0.1) is 0 Å². The van der Waals surface area contributed by atoms with Crippen LogP contribution in [0.5, 0.6) is 11.5 Å². The van der Waals surface area contributed by atoms with Crippen LogP contribution in [0.25, 0.3) is 6.08 Å². The molecule has 1 saturated heterocycles. The topological polar surface area (TPSA) is 97.0 Å². The van der Waals surface area contributed by atoms with Crippen LogP contribution in [0.3, 0.4) is 0 Å². The smallest absolute Gasteiger partial charge is 0.329 e. The molecule has 0 radical (unpaired) electrons. The maximum Gasteiger partial charge on any atom is 0.329 e. The molecule has 3 aromatic rings. The molecule has 4 rings (SSSR count). The van der Waals surface area contributed by atoms with Crippen LogP contribution in [0.15, 0.2) is 66.4 Å². The number of anilines is 1. The van der Waals surface area contributed by atoms with Crippen molar-refractivity contribution in [3.8, 4) is 11.5 Å². The summed E-state index contributed by atoms with van der Waals surface area (Å²) >= 11 is 2.16. The predicted molar refractivity (Wildman–Crippen MR) is 154 cm³/mol. The number of nitrogens with one attached hydrogen (secondary N) is 2. The maximum atomic E-state index is 12.9. The molecular weight excluding hydrogens is 597 g/mol. The zero-order valence-electron chi connectivity index (χ0n) is 21.3. The first-order valence-electron chi connectivity index (χ1n) is 12.1. The molecular formula is C29H28IN3O5. The lowest BCUT2D eigenvalue weighted by molar-refractivity contribution is -0.127. The third-order valence-corrected chi connectivity index (χ3v) is 6.51. The van der Waals surface area contributed by atoms with E-state index in [4.69, 9.17) is 9.47 Å². The van der Waals surface area contributed by atoms with Gasteiger partial charge < -0.3 is 20.1 Å². The molecule has 3 aromatic carbocycles. The average molecular weight is 625 g/mol. The molecule has 1 fully saturated rings. The molecule has 1 heterocycles. The minimum Gasteiger partial charge on any atom is -0.490 e. The molecule has 38 heavy (non-hydrogen) atoms. The normalized spacial score (nSPS) is 14.0. The van der Waals surface area contributed by atoms with Gasteiger partial charge in [-0.2, -0.15) is 0 Å². The van der Waals surface area contributed by atoms with Gasteiger partial charge in [-0.25, -0.2) is 9.69 Å². The molecule has 0 spiro atoms. The molecule has 0 aliphatic carbocycles. The minimum absolute atomic E-state index is 0.0740. The quantitative estimate of drug-likeness (QED) is 0.188. The first-order valence-corrected chi connectivity index (χ1v) is 13.2. The Morgan fingerprint density at radius 1 is 1.03 bits per heavy atom. The lowest BCUT2D eigenvalue weighted by Gasteiger charge is -2.15. The van der Waals surface area contributed by atoms with Gasteiger partial charge in [0.1, 0.15) is 18.8 Å². The number of rotatable bonds is 9. The molecule has 0 saturated carbocycles. The highest BCUT2D eigenvalue weighted by molar-refractivity contribution is 14.1. The van der Waals surface area contributed by atoms with E-state index in [2.05, 4.69) is 33.2 Å². The zero-order valence-corrected chi connectivity index (χ0v) is 23.5. The summed E-state index contributed by atoms with van der Waals surface area (Å²) in [5, 5.41) is 5.27. The second-order valence-corrected chi connectivity index (χ2v) is 10.00. The van der Waals surface area contributed by atoms with E-state index in [9.17, 15) is 14.4 Å². The highest BCUT2D eigenvalue weighted by Gasteiger charge is 2.35. The monoisotopic (exact) mass is 625 g/mol. The van der Waals surface area contributed by atoms with E-state index >= 15 is 0 Å². The number of halogens is 1. The third-order valence-electron chi connectivity index (χ3n) is 5.71. The van der Waals surface area contributed by atoms with Crippen LogP contribution in [0.4, 0.5) is 10.5 Å². The molecule has 196 valence electrons. The molecule has 8 nitrogen and oxygen atoms in total. The molecule has 0 bridgehead atoms. The van der Waals surface area contributed by atoms with Gasteiger partial charge in [-0.05, 0) is 90.4 Å². The van der Waals surface area contributed by atoms with Crippen LogP contribution in [0.2, 0.25) is 0 Å². The third kappa shape index (κ3) is 6.71. The number of carbonyl (C=O) groups excluding carboxylic acids is 3. The number of hydrogen-bond acceptors (Lipinski definition) is 5. The van der Waals surface area contributed by atoms with Crippen molar-refractivity contribution in [3.63, 3.8) is 0 Å². The first-order chi connectivity index (χ1) is 18.2. The van der Waals surface area contributed by atoms with Crippen LogP contribution < -0.4 is 20.1 Å². The lowest BCUT2D eigenvalue weighted by atomic mass is 10.1. The van der Waals surface area contributed by atoms with Crippen LogP contribution in [-0.4, -0.2) is 35.9 Å². The highest BCUT2D eigenvalue weighted by Crippen LogP contribution is 2.35. The summed E-state index contributed by atoms with van der Waals surface area (Å²) < 4.78 is 12.7. The van der Waals surface area contributed by atoms with Gasteiger partial charge in [-0.3, -0.25) is 9.59 Å². The van der Waals surface area contributed by atoms with Crippen molar-refractivity contribution in [1.82, 2.24) is 10.2 Å². The summed E-state index contributed by atoms with van der Waals surface area (Å²) in [4.78, 5) is 38.8. The van der Waals surface area contributed by atoms with E-state index in [1.165, 1.54) is 5.56 Å². The summed E-state index contributed by atoms with van der Waals surface area (Å²) in [5.74, 6) is 0.0848. The second kappa shape index (κ2) is 12.1. The Morgan fingerprint density at radius 2 is 1.79 bits per heavy atom. The van der Waals surface area contributed by atoms with E-state index in [1.54, 1.807) is 24.3 Å². The number of nitrogens with zero attached hydrogens (tertiary/aromatic N) is 1.